The molecule has 90 valence electrons. The summed E-state index contributed by atoms with van der Waals surface area (Å²) in [5, 5.41) is 19.5. The Labute approximate surface area is 106 Å². The molecule has 0 fully saturated rings. The first kappa shape index (κ1) is 13.8. The van der Waals surface area contributed by atoms with Crippen LogP contribution in [0.15, 0.2) is 23.1 Å². The molecular weight excluding hydrogens is 244 g/mol. The van der Waals surface area contributed by atoms with Crippen molar-refractivity contribution < 1.29 is 10.2 Å². The highest BCUT2D eigenvalue weighted by molar-refractivity contribution is 8.00. The average Bonchev–Trinajstić information content (AvgIpc) is 2.20. The SMILES string of the molecule is CC(O)c1ccc(SC(C)C(C)O)c(Cl)c1. The lowest BCUT2D eigenvalue weighted by Crippen LogP contribution is -2.14. The summed E-state index contributed by atoms with van der Waals surface area (Å²) in [6.07, 6.45) is -0.886. The molecule has 1 aromatic carbocycles. The smallest absolute Gasteiger partial charge is 0.0762 e. The van der Waals surface area contributed by atoms with Crippen LogP contribution in [0.25, 0.3) is 0 Å². The first-order valence-corrected chi connectivity index (χ1v) is 6.49. The fourth-order valence-electron chi connectivity index (χ4n) is 1.17. The summed E-state index contributed by atoms with van der Waals surface area (Å²) >= 11 is 7.64. The van der Waals surface area contributed by atoms with Crippen molar-refractivity contribution in [3.05, 3.63) is 28.8 Å². The minimum atomic E-state index is -0.509. The highest BCUT2D eigenvalue weighted by Crippen LogP contribution is 2.33. The van der Waals surface area contributed by atoms with Gasteiger partial charge in [0, 0.05) is 10.1 Å². The van der Waals surface area contributed by atoms with Crippen LogP contribution in [-0.2, 0) is 0 Å². The fourth-order valence-corrected chi connectivity index (χ4v) is 2.41. The Balaban J connectivity index is 2.83. The number of aliphatic hydroxyl groups excluding tert-OH is 2. The van der Waals surface area contributed by atoms with Gasteiger partial charge in [-0.15, -0.1) is 11.8 Å². The molecule has 0 aromatic heterocycles. The van der Waals surface area contributed by atoms with Gasteiger partial charge in [-0.2, -0.15) is 0 Å². The van der Waals surface area contributed by atoms with Gasteiger partial charge >= 0.3 is 0 Å². The maximum Gasteiger partial charge on any atom is 0.0762 e. The van der Waals surface area contributed by atoms with Gasteiger partial charge in [0.15, 0.2) is 0 Å². The van der Waals surface area contributed by atoms with E-state index in [1.54, 1.807) is 19.9 Å². The molecule has 1 aromatic rings. The second-order valence-corrected chi connectivity index (χ2v) is 5.76. The van der Waals surface area contributed by atoms with Crippen molar-refractivity contribution >= 4 is 23.4 Å². The van der Waals surface area contributed by atoms with Crippen LogP contribution in [0.1, 0.15) is 32.4 Å². The average molecular weight is 261 g/mol. The number of hydrogen-bond donors (Lipinski definition) is 2. The molecule has 0 aliphatic rings. The van der Waals surface area contributed by atoms with Crippen molar-refractivity contribution in [2.45, 2.75) is 43.1 Å². The minimum Gasteiger partial charge on any atom is -0.392 e. The van der Waals surface area contributed by atoms with E-state index in [-0.39, 0.29) is 11.4 Å². The van der Waals surface area contributed by atoms with Crippen LogP contribution >= 0.6 is 23.4 Å². The zero-order valence-electron chi connectivity index (χ0n) is 9.64. The lowest BCUT2D eigenvalue weighted by molar-refractivity contribution is 0.196. The van der Waals surface area contributed by atoms with E-state index in [9.17, 15) is 10.2 Å². The second kappa shape index (κ2) is 5.92. The van der Waals surface area contributed by atoms with E-state index in [4.69, 9.17) is 11.6 Å². The van der Waals surface area contributed by atoms with Crippen LogP contribution in [0.2, 0.25) is 5.02 Å². The van der Waals surface area contributed by atoms with E-state index in [0.29, 0.717) is 5.02 Å². The van der Waals surface area contributed by atoms with E-state index in [0.717, 1.165) is 10.5 Å². The van der Waals surface area contributed by atoms with Crippen molar-refractivity contribution in [1.82, 2.24) is 0 Å². The Morgan fingerprint density at radius 1 is 1.19 bits per heavy atom. The van der Waals surface area contributed by atoms with Gasteiger partial charge < -0.3 is 10.2 Å². The third kappa shape index (κ3) is 3.67. The van der Waals surface area contributed by atoms with Gasteiger partial charge in [0.05, 0.1) is 17.2 Å². The summed E-state index contributed by atoms with van der Waals surface area (Å²) in [6.45, 7) is 5.42. The fraction of sp³-hybridized carbons (Fsp3) is 0.500. The molecule has 0 spiro atoms. The minimum absolute atomic E-state index is 0.0925. The molecule has 0 saturated heterocycles. The lowest BCUT2D eigenvalue weighted by atomic mass is 10.1. The van der Waals surface area contributed by atoms with E-state index in [1.807, 2.05) is 19.1 Å². The van der Waals surface area contributed by atoms with Crippen molar-refractivity contribution in [2.24, 2.45) is 0 Å². The van der Waals surface area contributed by atoms with Crippen LogP contribution in [0.5, 0.6) is 0 Å². The van der Waals surface area contributed by atoms with E-state index >= 15 is 0 Å². The Bertz CT molecular complexity index is 353. The Morgan fingerprint density at radius 2 is 1.81 bits per heavy atom. The topological polar surface area (TPSA) is 40.5 Å². The predicted molar refractivity (Wildman–Crippen MR) is 69.1 cm³/mol. The zero-order chi connectivity index (χ0) is 12.3. The molecule has 2 nitrogen and oxygen atoms in total. The molecule has 3 unspecified atom stereocenters. The summed E-state index contributed by atoms with van der Waals surface area (Å²) in [5.74, 6) is 0. The maximum atomic E-state index is 9.41. The summed E-state index contributed by atoms with van der Waals surface area (Å²) in [5.41, 5.74) is 0.805. The van der Waals surface area contributed by atoms with E-state index in [2.05, 4.69) is 0 Å². The summed E-state index contributed by atoms with van der Waals surface area (Å²) in [4.78, 5) is 0.930. The first-order chi connectivity index (χ1) is 7.41. The second-order valence-electron chi connectivity index (χ2n) is 3.93. The normalized spacial score (nSPS) is 16.9. The number of thioether (sulfide) groups is 1. The molecule has 16 heavy (non-hydrogen) atoms. The molecule has 0 bridgehead atoms. The van der Waals surface area contributed by atoms with Gasteiger partial charge in [-0.3, -0.25) is 0 Å². The largest absolute Gasteiger partial charge is 0.392 e. The first-order valence-electron chi connectivity index (χ1n) is 5.24. The third-order valence-corrected chi connectivity index (χ3v) is 4.23. The van der Waals surface area contributed by atoms with Crippen LogP contribution in [-0.4, -0.2) is 21.6 Å². The molecule has 0 saturated carbocycles. The summed E-state index contributed by atoms with van der Waals surface area (Å²) in [7, 11) is 0. The highest BCUT2D eigenvalue weighted by Gasteiger charge is 2.13. The van der Waals surface area contributed by atoms with Gasteiger partial charge in [-0.25, -0.2) is 0 Å². The van der Waals surface area contributed by atoms with Crippen LogP contribution in [0, 0.1) is 0 Å². The number of rotatable bonds is 4. The number of halogens is 1. The lowest BCUT2D eigenvalue weighted by Gasteiger charge is -2.15. The number of aliphatic hydroxyl groups is 2. The van der Waals surface area contributed by atoms with Crippen LogP contribution < -0.4 is 0 Å². The summed E-state index contributed by atoms with van der Waals surface area (Å²) in [6, 6.07) is 5.50. The van der Waals surface area contributed by atoms with Gasteiger partial charge in [0.1, 0.15) is 0 Å². The third-order valence-electron chi connectivity index (χ3n) is 2.43. The molecule has 3 atom stereocenters. The quantitative estimate of drug-likeness (QED) is 0.817. The Morgan fingerprint density at radius 3 is 2.25 bits per heavy atom. The van der Waals surface area contributed by atoms with Crippen molar-refractivity contribution in [2.75, 3.05) is 0 Å². The molecule has 0 aliphatic carbocycles. The molecule has 2 N–H and O–H groups in total. The molecule has 0 heterocycles. The standard InChI is InChI=1S/C12H17ClO2S/c1-7(14)9(3)16-12-5-4-10(8(2)15)6-11(12)13/h4-9,14-15H,1-3H3. The van der Waals surface area contributed by atoms with Crippen molar-refractivity contribution in [3.63, 3.8) is 0 Å². The number of hydrogen-bond acceptors (Lipinski definition) is 3. The Hall–Kier alpha value is -0.220. The monoisotopic (exact) mass is 260 g/mol. The van der Waals surface area contributed by atoms with Crippen LogP contribution in [0.3, 0.4) is 0 Å². The highest BCUT2D eigenvalue weighted by atomic mass is 35.5. The van der Waals surface area contributed by atoms with Gasteiger partial charge in [0.2, 0.25) is 0 Å². The van der Waals surface area contributed by atoms with E-state index in [1.165, 1.54) is 11.8 Å². The molecular formula is C12H17ClO2S. The molecule has 0 aliphatic heterocycles. The maximum absolute atomic E-state index is 9.41. The number of benzene rings is 1. The molecule has 4 heteroatoms. The van der Waals surface area contributed by atoms with Gasteiger partial charge in [-0.05, 0) is 31.5 Å². The Kier molecular flexibility index (Phi) is 5.12. The van der Waals surface area contributed by atoms with Crippen molar-refractivity contribution in [3.8, 4) is 0 Å². The molecule has 0 amide bonds. The zero-order valence-corrected chi connectivity index (χ0v) is 11.2. The van der Waals surface area contributed by atoms with E-state index < -0.39 is 6.10 Å². The van der Waals surface area contributed by atoms with Crippen LogP contribution in [0.4, 0.5) is 0 Å². The summed E-state index contributed by atoms with van der Waals surface area (Å²) < 4.78 is 0. The molecule has 0 radical (unpaired) electrons. The van der Waals surface area contributed by atoms with Gasteiger partial charge in [0.25, 0.3) is 0 Å². The van der Waals surface area contributed by atoms with Crippen molar-refractivity contribution in [1.29, 1.82) is 0 Å². The molecule has 1 rings (SSSR count). The van der Waals surface area contributed by atoms with Gasteiger partial charge in [-0.1, -0.05) is 24.6 Å². The predicted octanol–water partition coefficient (Wildman–Crippen LogP) is 3.25.